The van der Waals surface area contributed by atoms with Crippen molar-refractivity contribution >= 4 is 35.2 Å². The van der Waals surface area contributed by atoms with Crippen molar-refractivity contribution in [2.45, 2.75) is 59.1 Å². The van der Waals surface area contributed by atoms with Gasteiger partial charge in [-0.3, -0.25) is 14.4 Å². The van der Waals surface area contributed by atoms with Crippen molar-refractivity contribution in [3.63, 3.8) is 0 Å². The van der Waals surface area contributed by atoms with E-state index in [-0.39, 0.29) is 24.6 Å². The van der Waals surface area contributed by atoms with Gasteiger partial charge in [-0.1, -0.05) is 44.2 Å². The van der Waals surface area contributed by atoms with Crippen LogP contribution in [0.15, 0.2) is 66.7 Å². The Morgan fingerprint density at radius 2 is 1.66 bits per heavy atom. The van der Waals surface area contributed by atoms with Gasteiger partial charge in [0.1, 0.15) is 23.0 Å². The summed E-state index contributed by atoms with van der Waals surface area (Å²) in [6, 6.07) is 15.3. The number of benzene rings is 3. The molecule has 47 heavy (non-hydrogen) atoms. The summed E-state index contributed by atoms with van der Waals surface area (Å²) in [5.41, 5.74) is 0.865. The Morgan fingerprint density at radius 3 is 2.36 bits per heavy atom. The molecule has 0 bridgehead atoms. The molecule has 0 aliphatic heterocycles. The van der Waals surface area contributed by atoms with Crippen LogP contribution in [0.2, 0.25) is 0 Å². The molecule has 3 aromatic carbocycles. The molecule has 4 amide bonds. The predicted molar refractivity (Wildman–Crippen MR) is 175 cm³/mol. The number of hydrogen-bond acceptors (Lipinski definition) is 6. The van der Waals surface area contributed by atoms with E-state index in [9.17, 15) is 28.0 Å². The van der Waals surface area contributed by atoms with Gasteiger partial charge < -0.3 is 30.3 Å². The maximum Gasteiger partial charge on any atom is 0.319 e. The van der Waals surface area contributed by atoms with Gasteiger partial charge >= 0.3 is 12.0 Å². The molecule has 0 heterocycles. The summed E-state index contributed by atoms with van der Waals surface area (Å²) >= 11 is 0. The Labute approximate surface area is 273 Å². The van der Waals surface area contributed by atoms with Crippen LogP contribution in [0.5, 0.6) is 5.75 Å². The van der Waals surface area contributed by atoms with E-state index in [1.54, 1.807) is 69.3 Å². The zero-order chi connectivity index (χ0) is 34.7. The zero-order valence-electron chi connectivity index (χ0n) is 27.5. The number of rotatable bonds is 13. The summed E-state index contributed by atoms with van der Waals surface area (Å²) in [6.45, 7) is 8.52. The van der Waals surface area contributed by atoms with Gasteiger partial charge in [0.05, 0.1) is 24.7 Å². The van der Waals surface area contributed by atoms with Gasteiger partial charge in [0.25, 0.3) is 5.91 Å². The van der Waals surface area contributed by atoms with E-state index in [4.69, 9.17) is 9.47 Å². The van der Waals surface area contributed by atoms with Gasteiger partial charge in [0.15, 0.2) is 6.61 Å². The van der Waals surface area contributed by atoms with Crippen LogP contribution in [0.1, 0.15) is 58.2 Å². The fourth-order valence-electron chi connectivity index (χ4n) is 4.63. The lowest BCUT2D eigenvalue weighted by Crippen LogP contribution is -2.40. The first kappa shape index (κ1) is 36.5. The molecule has 3 aromatic rings. The lowest BCUT2D eigenvalue weighted by molar-refractivity contribution is -0.153. The first-order valence-electron chi connectivity index (χ1n) is 15.2. The van der Waals surface area contributed by atoms with Crippen LogP contribution in [-0.2, 0) is 25.5 Å². The average molecular weight is 653 g/mol. The number of carbonyl (C=O) groups is 4. The number of halogens is 2. The molecule has 3 rings (SSSR count). The van der Waals surface area contributed by atoms with Gasteiger partial charge in [-0.05, 0) is 69.0 Å². The van der Waals surface area contributed by atoms with E-state index in [0.29, 0.717) is 29.0 Å². The molecule has 252 valence electrons. The van der Waals surface area contributed by atoms with Crippen molar-refractivity contribution in [2.75, 3.05) is 30.4 Å². The first-order chi connectivity index (χ1) is 22.1. The van der Waals surface area contributed by atoms with Crippen LogP contribution in [0, 0.1) is 17.6 Å². The standard InChI is InChI=1S/C35H42F2N4O6/c1-22(2)16-28(26-12-7-8-13-30(26)46-21-32(43)41(6)29-19-24(36)14-15-27(29)37)40-31(42)20-38-34(45)39-25-11-9-10-23(17-25)18-33(44)47-35(3,4)5/h7-15,17,19,22,28H,16,18,20-21H2,1-6H3,(H,40,42)(H2,38,39,45). The highest BCUT2D eigenvalue weighted by Crippen LogP contribution is 2.30. The second-order valence-corrected chi connectivity index (χ2v) is 12.4. The molecular weight excluding hydrogens is 610 g/mol. The van der Waals surface area contributed by atoms with Crippen LogP contribution in [0.4, 0.5) is 25.0 Å². The van der Waals surface area contributed by atoms with Crippen LogP contribution in [-0.4, -0.2) is 49.6 Å². The number of anilines is 2. The third-order valence-electron chi connectivity index (χ3n) is 6.69. The SMILES string of the molecule is CC(C)CC(NC(=O)CNC(=O)Nc1cccc(CC(=O)OC(C)(C)C)c1)c1ccccc1OCC(=O)N(C)c1cc(F)ccc1F. The number of nitrogens with one attached hydrogen (secondary N) is 3. The minimum Gasteiger partial charge on any atom is -0.483 e. The molecular formula is C35H42F2N4O6. The topological polar surface area (TPSA) is 126 Å². The summed E-state index contributed by atoms with van der Waals surface area (Å²) in [7, 11) is 1.32. The summed E-state index contributed by atoms with van der Waals surface area (Å²) in [5.74, 6) is -2.42. The molecule has 1 unspecified atom stereocenters. The zero-order valence-corrected chi connectivity index (χ0v) is 27.5. The maximum absolute atomic E-state index is 14.2. The van der Waals surface area contributed by atoms with Gasteiger partial charge in [-0.2, -0.15) is 0 Å². The molecule has 0 spiro atoms. The van der Waals surface area contributed by atoms with Gasteiger partial charge in [0.2, 0.25) is 5.91 Å². The van der Waals surface area contributed by atoms with E-state index in [1.165, 1.54) is 7.05 Å². The van der Waals surface area contributed by atoms with Crippen LogP contribution in [0.3, 0.4) is 0 Å². The predicted octanol–water partition coefficient (Wildman–Crippen LogP) is 5.92. The van der Waals surface area contributed by atoms with Crippen molar-refractivity contribution in [3.8, 4) is 5.75 Å². The van der Waals surface area contributed by atoms with Crippen molar-refractivity contribution < 1.29 is 37.4 Å². The molecule has 3 N–H and O–H groups in total. The smallest absolute Gasteiger partial charge is 0.319 e. The minimum absolute atomic E-state index is 0.0374. The normalized spacial score (nSPS) is 11.8. The highest BCUT2D eigenvalue weighted by atomic mass is 19.1. The molecule has 0 saturated carbocycles. The number of para-hydroxylation sites is 1. The number of likely N-dealkylation sites (N-methyl/N-ethyl adjacent to an activating group) is 1. The van der Waals surface area contributed by atoms with Gasteiger partial charge in [-0.25, -0.2) is 13.6 Å². The number of esters is 1. The molecule has 0 aliphatic carbocycles. The van der Waals surface area contributed by atoms with E-state index < -0.39 is 53.7 Å². The third-order valence-corrected chi connectivity index (χ3v) is 6.69. The lowest BCUT2D eigenvalue weighted by Gasteiger charge is -2.24. The molecule has 0 aromatic heterocycles. The highest BCUT2D eigenvalue weighted by Gasteiger charge is 2.22. The Kier molecular flexibility index (Phi) is 12.8. The van der Waals surface area contributed by atoms with E-state index in [1.807, 2.05) is 13.8 Å². The molecule has 10 nitrogen and oxygen atoms in total. The van der Waals surface area contributed by atoms with Crippen molar-refractivity contribution in [3.05, 3.63) is 89.5 Å². The number of amides is 4. The fraction of sp³-hybridized carbons (Fsp3) is 0.371. The molecule has 0 radical (unpaired) electrons. The summed E-state index contributed by atoms with van der Waals surface area (Å²) < 4.78 is 39.0. The Hall–Kier alpha value is -5.00. The number of hydrogen-bond donors (Lipinski definition) is 3. The van der Waals surface area contributed by atoms with Crippen LogP contribution < -0.4 is 25.6 Å². The van der Waals surface area contributed by atoms with Crippen LogP contribution in [0.25, 0.3) is 0 Å². The quantitative estimate of drug-likeness (QED) is 0.197. The highest BCUT2D eigenvalue weighted by molar-refractivity contribution is 5.94. The number of carbonyl (C=O) groups excluding carboxylic acids is 4. The maximum atomic E-state index is 14.2. The average Bonchev–Trinajstić information content (AvgIpc) is 2.98. The van der Waals surface area contributed by atoms with E-state index >= 15 is 0 Å². The number of ether oxygens (including phenoxy) is 2. The molecule has 12 heteroatoms. The summed E-state index contributed by atoms with van der Waals surface area (Å²) in [6.07, 6.45) is 0.556. The van der Waals surface area contributed by atoms with E-state index in [2.05, 4.69) is 16.0 Å². The summed E-state index contributed by atoms with van der Waals surface area (Å²) in [4.78, 5) is 51.5. The summed E-state index contributed by atoms with van der Waals surface area (Å²) in [5, 5.41) is 8.11. The molecule has 0 fully saturated rings. The van der Waals surface area contributed by atoms with Crippen molar-refractivity contribution in [2.24, 2.45) is 5.92 Å². The van der Waals surface area contributed by atoms with E-state index in [0.717, 1.165) is 23.1 Å². The van der Waals surface area contributed by atoms with Gasteiger partial charge in [-0.15, -0.1) is 0 Å². The number of nitrogens with zero attached hydrogens (tertiary/aromatic N) is 1. The van der Waals surface area contributed by atoms with Crippen molar-refractivity contribution in [1.29, 1.82) is 0 Å². The fourth-order valence-corrected chi connectivity index (χ4v) is 4.63. The number of urea groups is 1. The second-order valence-electron chi connectivity index (χ2n) is 12.4. The molecule has 1 atom stereocenters. The Morgan fingerprint density at radius 1 is 0.936 bits per heavy atom. The monoisotopic (exact) mass is 652 g/mol. The van der Waals surface area contributed by atoms with Gasteiger partial charge in [0, 0.05) is 24.4 Å². The van der Waals surface area contributed by atoms with Crippen molar-refractivity contribution in [1.82, 2.24) is 10.6 Å². The Bertz CT molecular complexity index is 1570. The molecule has 0 aliphatic rings. The second kappa shape index (κ2) is 16.5. The third kappa shape index (κ3) is 12.0. The first-order valence-corrected chi connectivity index (χ1v) is 15.2. The van der Waals surface area contributed by atoms with Crippen LogP contribution >= 0.6 is 0 Å². The lowest BCUT2D eigenvalue weighted by atomic mass is 9.96. The largest absolute Gasteiger partial charge is 0.483 e. The Balaban J connectivity index is 1.60. The molecule has 0 saturated heterocycles. The minimum atomic E-state index is -0.753.